The van der Waals surface area contributed by atoms with Crippen molar-refractivity contribution in [3.63, 3.8) is 0 Å². The molecular formula is C15H15ClN2OS. The van der Waals surface area contributed by atoms with Gasteiger partial charge in [-0.25, -0.2) is 4.98 Å². The molecule has 0 saturated heterocycles. The monoisotopic (exact) mass is 306 g/mol. The van der Waals surface area contributed by atoms with E-state index in [1.807, 2.05) is 32.0 Å². The third kappa shape index (κ3) is 3.50. The van der Waals surface area contributed by atoms with E-state index in [1.54, 1.807) is 6.07 Å². The molecule has 0 saturated carbocycles. The van der Waals surface area contributed by atoms with Gasteiger partial charge in [-0.05, 0) is 18.1 Å². The summed E-state index contributed by atoms with van der Waals surface area (Å²) in [6.07, 6.45) is 0.678. The largest absolute Gasteiger partial charge is 0.492 e. The summed E-state index contributed by atoms with van der Waals surface area (Å²) in [7, 11) is 0. The Kier molecular flexibility index (Phi) is 4.99. The van der Waals surface area contributed by atoms with E-state index < -0.39 is 0 Å². The molecule has 1 heterocycles. The maximum atomic E-state index is 9.09. The number of ether oxygens (including phenoxy) is 1. The van der Waals surface area contributed by atoms with Gasteiger partial charge in [0.25, 0.3) is 0 Å². The molecule has 20 heavy (non-hydrogen) atoms. The number of nitriles is 1. The maximum absolute atomic E-state index is 9.09. The van der Waals surface area contributed by atoms with Gasteiger partial charge in [0.05, 0.1) is 22.3 Å². The number of benzene rings is 1. The SMILES string of the molecule is CC(C)c1nc(CCOc2ccccc2Cl)sc1C#N. The molecule has 0 spiro atoms. The summed E-state index contributed by atoms with van der Waals surface area (Å²) in [5.41, 5.74) is 0.880. The van der Waals surface area contributed by atoms with E-state index in [-0.39, 0.29) is 5.92 Å². The average Bonchev–Trinajstić information content (AvgIpc) is 2.84. The first kappa shape index (κ1) is 14.8. The molecule has 1 aromatic carbocycles. The van der Waals surface area contributed by atoms with E-state index in [2.05, 4.69) is 11.1 Å². The lowest BCUT2D eigenvalue weighted by molar-refractivity contribution is 0.322. The summed E-state index contributed by atoms with van der Waals surface area (Å²) in [5, 5.41) is 10.6. The minimum Gasteiger partial charge on any atom is -0.492 e. The number of aromatic nitrogens is 1. The average molecular weight is 307 g/mol. The van der Waals surface area contributed by atoms with E-state index in [1.165, 1.54) is 11.3 Å². The van der Waals surface area contributed by atoms with Gasteiger partial charge in [0.15, 0.2) is 0 Å². The third-order valence-electron chi connectivity index (χ3n) is 2.76. The first-order valence-corrected chi connectivity index (χ1v) is 7.58. The van der Waals surface area contributed by atoms with Crippen LogP contribution in [0.3, 0.4) is 0 Å². The minimum atomic E-state index is 0.263. The number of thiazole rings is 1. The number of nitrogens with zero attached hydrogens (tertiary/aromatic N) is 2. The quantitative estimate of drug-likeness (QED) is 0.821. The second-order valence-corrected chi connectivity index (χ2v) is 6.11. The second kappa shape index (κ2) is 6.74. The van der Waals surface area contributed by atoms with Crippen molar-refractivity contribution in [3.8, 4) is 11.8 Å². The van der Waals surface area contributed by atoms with Crippen molar-refractivity contribution in [2.75, 3.05) is 6.61 Å². The van der Waals surface area contributed by atoms with Crippen molar-refractivity contribution in [2.24, 2.45) is 0 Å². The van der Waals surface area contributed by atoms with Crippen molar-refractivity contribution in [2.45, 2.75) is 26.2 Å². The smallest absolute Gasteiger partial charge is 0.137 e. The maximum Gasteiger partial charge on any atom is 0.137 e. The molecule has 104 valence electrons. The highest BCUT2D eigenvalue weighted by Crippen LogP contribution is 2.26. The zero-order valence-corrected chi connectivity index (χ0v) is 13.0. The van der Waals surface area contributed by atoms with Crippen LogP contribution in [0.25, 0.3) is 0 Å². The lowest BCUT2D eigenvalue weighted by Gasteiger charge is -2.06. The molecule has 0 amide bonds. The lowest BCUT2D eigenvalue weighted by atomic mass is 10.1. The third-order valence-corrected chi connectivity index (χ3v) is 4.10. The van der Waals surface area contributed by atoms with Gasteiger partial charge >= 0.3 is 0 Å². The molecule has 0 aliphatic carbocycles. The molecule has 0 N–H and O–H groups in total. The highest BCUT2D eigenvalue weighted by atomic mass is 35.5. The lowest BCUT2D eigenvalue weighted by Crippen LogP contribution is -2.01. The van der Waals surface area contributed by atoms with Gasteiger partial charge in [-0.2, -0.15) is 5.26 Å². The minimum absolute atomic E-state index is 0.263. The zero-order chi connectivity index (χ0) is 14.5. The first-order chi connectivity index (χ1) is 9.61. The van der Waals surface area contributed by atoms with Crippen LogP contribution in [0.4, 0.5) is 0 Å². The number of para-hydroxylation sites is 1. The summed E-state index contributed by atoms with van der Waals surface area (Å²) in [5.74, 6) is 0.939. The van der Waals surface area contributed by atoms with Gasteiger partial charge in [0, 0.05) is 6.42 Å². The molecule has 2 aromatic rings. The van der Waals surface area contributed by atoms with Crippen LogP contribution in [0.5, 0.6) is 5.75 Å². The van der Waals surface area contributed by atoms with Crippen molar-refractivity contribution in [1.82, 2.24) is 4.98 Å². The Bertz CT molecular complexity index is 631. The summed E-state index contributed by atoms with van der Waals surface area (Å²) in [6, 6.07) is 9.59. The van der Waals surface area contributed by atoms with Gasteiger partial charge in [0.2, 0.25) is 0 Å². The molecule has 0 bridgehead atoms. The molecule has 0 radical (unpaired) electrons. The zero-order valence-electron chi connectivity index (χ0n) is 11.4. The van der Waals surface area contributed by atoms with Crippen LogP contribution in [-0.4, -0.2) is 11.6 Å². The van der Waals surface area contributed by atoms with Crippen LogP contribution in [0, 0.1) is 11.3 Å². The van der Waals surface area contributed by atoms with Crippen LogP contribution >= 0.6 is 22.9 Å². The number of hydrogen-bond acceptors (Lipinski definition) is 4. The Hall–Kier alpha value is -1.57. The molecule has 0 aliphatic heterocycles. The van der Waals surface area contributed by atoms with Gasteiger partial charge in [-0.15, -0.1) is 11.3 Å². The topological polar surface area (TPSA) is 45.9 Å². The Morgan fingerprint density at radius 3 is 2.75 bits per heavy atom. The molecule has 5 heteroatoms. The van der Waals surface area contributed by atoms with E-state index in [9.17, 15) is 0 Å². The normalized spacial score (nSPS) is 10.6. The van der Waals surface area contributed by atoms with Crippen molar-refractivity contribution in [1.29, 1.82) is 5.26 Å². The predicted molar refractivity (Wildman–Crippen MR) is 81.6 cm³/mol. The summed E-state index contributed by atoms with van der Waals surface area (Å²) in [4.78, 5) is 5.22. The Morgan fingerprint density at radius 2 is 2.15 bits per heavy atom. The van der Waals surface area contributed by atoms with Crippen LogP contribution in [-0.2, 0) is 6.42 Å². The summed E-state index contributed by atoms with van der Waals surface area (Å²) in [6.45, 7) is 4.58. The van der Waals surface area contributed by atoms with Crippen LogP contribution in [0.1, 0.15) is 35.3 Å². The van der Waals surface area contributed by atoms with Gasteiger partial charge < -0.3 is 4.74 Å². The van der Waals surface area contributed by atoms with Gasteiger partial charge in [0.1, 0.15) is 16.7 Å². The number of hydrogen-bond donors (Lipinski definition) is 0. The van der Waals surface area contributed by atoms with Crippen LogP contribution < -0.4 is 4.74 Å². The fraction of sp³-hybridized carbons (Fsp3) is 0.333. The Balaban J connectivity index is 1.98. The van der Waals surface area contributed by atoms with Crippen molar-refractivity contribution < 1.29 is 4.74 Å². The van der Waals surface area contributed by atoms with E-state index in [0.29, 0.717) is 28.7 Å². The number of rotatable bonds is 5. The fourth-order valence-corrected chi connectivity index (χ4v) is 2.95. The number of halogens is 1. The summed E-state index contributed by atoms with van der Waals surface area (Å²) < 4.78 is 5.64. The molecule has 2 rings (SSSR count). The highest BCUT2D eigenvalue weighted by Gasteiger charge is 2.13. The molecule has 3 nitrogen and oxygen atoms in total. The molecule has 1 aromatic heterocycles. The molecule has 0 atom stereocenters. The first-order valence-electron chi connectivity index (χ1n) is 6.39. The van der Waals surface area contributed by atoms with Crippen LogP contribution in [0.15, 0.2) is 24.3 Å². The fourth-order valence-electron chi connectivity index (χ4n) is 1.77. The van der Waals surface area contributed by atoms with E-state index in [0.717, 1.165) is 10.7 Å². The Morgan fingerprint density at radius 1 is 1.40 bits per heavy atom. The summed E-state index contributed by atoms with van der Waals surface area (Å²) >= 11 is 7.46. The standard InChI is InChI=1S/C15H15ClN2OS/c1-10(2)15-13(9-17)20-14(18-15)7-8-19-12-6-4-3-5-11(12)16/h3-6,10H,7-8H2,1-2H3. The highest BCUT2D eigenvalue weighted by molar-refractivity contribution is 7.12. The molecule has 0 aliphatic rings. The Labute approximate surface area is 127 Å². The van der Waals surface area contributed by atoms with E-state index >= 15 is 0 Å². The molecule has 0 unspecified atom stereocenters. The molecule has 0 fully saturated rings. The van der Waals surface area contributed by atoms with Gasteiger partial charge in [-0.1, -0.05) is 37.6 Å². The predicted octanol–water partition coefficient (Wildman–Crippen LogP) is 4.41. The van der Waals surface area contributed by atoms with Crippen molar-refractivity contribution in [3.05, 3.63) is 44.9 Å². The molecular weight excluding hydrogens is 292 g/mol. The van der Waals surface area contributed by atoms with Gasteiger partial charge in [-0.3, -0.25) is 0 Å². The van der Waals surface area contributed by atoms with E-state index in [4.69, 9.17) is 21.6 Å². The van der Waals surface area contributed by atoms with Crippen molar-refractivity contribution >= 4 is 22.9 Å². The van der Waals surface area contributed by atoms with Crippen LogP contribution in [0.2, 0.25) is 5.02 Å². The second-order valence-electron chi connectivity index (χ2n) is 4.62.